The fraction of sp³-hybridized carbons (Fsp3) is 0.412. The molecule has 1 amide bonds. The van der Waals surface area contributed by atoms with Gasteiger partial charge < -0.3 is 10.6 Å². The Morgan fingerprint density at radius 2 is 1.81 bits per heavy atom. The van der Waals surface area contributed by atoms with Gasteiger partial charge in [0.1, 0.15) is 5.69 Å². The molecule has 1 aliphatic rings. The van der Waals surface area contributed by atoms with Crippen LogP contribution in [0.15, 0.2) is 35.7 Å². The summed E-state index contributed by atoms with van der Waals surface area (Å²) in [5.41, 5.74) is 6.69. The van der Waals surface area contributed by atoms with Gasteiger partial charge in [0, 0.05) is 38.0 Å². The third-order valence-electron chi connectivity index (χ3n) is 4.24. The van der Waals surface area contributed by atoms with Gasteiger partial charge in [-0.2, -0.15) is 4.31 Å². The Kier molecular flexibility index (Phi) is 7.75. The lowest BCUT2D eigenvalue weighted by Gasteiger charge is -2.33. The molecule has 0 unspecified atom stereocenters. The van der Waals surface area contributed by atoms with Crippen LogP contribution >= 0.6 is 23.7 Å². The number of hydrogen-bond acceptors (Lipinski definition) is 6. The number of thiazole rings is 1. The lowest BCUT2D eigenvalue weighted by Crippen LogP contribution is -2.50. The van der Waals surface area contributed by atoms with Crippen molar-refractivity contribution in [1.82, 2.24) is 14.2 Å². The number of rotatable bonds is 6. The summed E-state index contributed by atoms with van der Waals surface area (Å²) in [4.78, 5) is 18.5. The average Bonchev–Trinajstić information content (AvgIpc) is 3.11. The molecule has 0 radical (unpaired) electrons. The van der Waals surface area contributed by atoms with Crippen LogP contribution in [0.4, 0.5) is 0 Å². The van der Waals surface area contributed by atoms with Crippen LogP contribution in [0, 0.1) is 0 Å². The molecule has 0 spiro atoms. The molecule has 0 bridgehead atoms. The predicted molar refractivity (Wildman–Crippen MR) is 109 cm³/mol. The van der Waals surface area contributed by atoms with Gasteiger partial charge in [0.05, 0.1) is 10.8 Å². The number of carbonyl (C=O) groups is 1. The molecule has 27 heavy (non-hydrogen) atoms. The maximum absolute atomic E-state index is 12.6. The molecule has 1 saturated heterocycles. The predicted octanol–water partition coefficient (Wildman–Crippen LogP) is 1.35. The topological polar surface area (TPSA) is 96.6 Å². The largest absolute Gasteiger partial charge is 0.335 e. The van der Waals surface area contributed by atoms with Crippen molar-refractivity contribution >= 4 is 39.7 Å². The van der Waals surface area contributed by atoms with Gasteiger partial charge in [-0.1, -0.05) is 30.3 Å². The summed E-state index contributed by atoms with van der Waals surface area (Å²) in [6, 6.07) is 9.12. The molecule has 7 nitrogen and oxygen atoms in total. The molecule has 0 atom stereocenters. The van der Waals surface area contributed by atoms with Crippen molar-refractivity contribution in [3.63, 3.8) is 0 Å². The Bertz CT molecular complexity index is 850. The van der Waals surface area contributed by atoms with Gasteiger partial charge in [-0.15, -0.1) is 23.7 Å². The van der Waals surface area contributed by atoms with Crippen molar-refractivity contribution in [2.45, 2.75) is 12.2 Å². The van der Waals surface area contributed by atoms with Crippen molar-refractivity contribution in [2.75, 3.05) is 32.7 Å². The normalized spacial score (nSPS) is 15.4. The van der Waals surface area contributed by atoms with Crippen molar-refractivity contribution in [3.8, 4) is 0 Å². The van der Waals surface area contributed by atoms with Gasteiger partial charge in [-0.3, -0.25) is 4.79 Å². The minimum absolute atomic E-state index is 0. The van der Waals surface area contributed by atoms with E-state index in [9.17, 15) is 13.2 Å². The van der Waals surface area contributed by atoms with Gasteiger partial charge in [-0.25, -0.2) is 13.4 Å². The molecule has 3 rings (SSSR count). The van der Waals surface area contributed by atoms with Crippen LogP contribution in [0.3, 0.4) is 0 Å². The molecule has 10 heteroatoms. The average molecular weight is 431 g/mol. The van der Waals surface area contributed by atoms with E-state index in [1.54, 1.807) is 22.4 Å². The lowest BCUT2D eigenvalue weighted by molar-refractivity contribution is 0.0692. The fourth-order valence-electron chi connectivity index (χ4n) is 2.85. The Morgan fingerprint density at radius 3 is 2.44 bits per heavy atom. The van der Waals surface area contributed by atoms with Crippen LogP contribution in [0.1, 0.15) is 21.1 Å². The highest BCUT2D eigenvalue weighted by Crippen LogP contribution is 2.17. The lowest BCUT2D eigenvalue weighted by atomic mass is 10.2. The Balaban J connectivity index is 0.00000261. The monoisotopic (exact) mass is 430 g/mol. The standard InChI is InChI=1S/C17H22N4O3S2.ClH/c18-7-6-16-19-15(12-25-16)17(22)20-8-10-21(11-9-20)26(23,24)13-14-4-2-1-3-5-14;/h1-5,12H,6-11,13,18H2;1H. The van der Waals surface area contributed by atoms with Crippen LogP contribution < -0.4 is 5.73 Å². The number of sulfonamides is 1. The SMILES string of the molecule is Cl.NCCc1nc(C(=O)N2CCN(S(=O)(=O)Cc3ccccc3)CC2)cs1. The van der Waals surface area contributed by atoms with Crippen LogP contribution in [0.2, 0.25) is 0 Å². The molecule has 148 valence electrons. The molecule has 2 aromatic rings. The van der Waals surface area contributed by atoms with Crippen LogP contribution in [0.25, 0.3) is 0 Å². The minimum atomic E-state index is -3.39. The first-order valence-corrected chi connectivity index (χ1v) is 10.9. The minimum Gasteiger partial charge on any atom is -0.335 e. The molecule has 0 aliphatic carbocycles. The van der Waals surface area contributed by atoms with Gasteiger partial charge >= 0.3 is 0 Å². The number of benzene rings is 1. The number of piperazine rings is 1. The number of nitrogens with two attached hydrogens (primary N) is 1. The van der Waals surface area contributed by atoms with Gasteiger partial charge in [0.15, 0.2) is 0 Å². The maximum Gasteiger partial charge on any atom is 0.273 e. The number of carbonyl (C=O) groups excluding carboxylic acids is 1. The third-order valence-corrected chi connectivity index (χ3v) is 7.00. The first-order valence-electron chi connectivity index (χ1n) is 8.45. The summed E-state index contributed by atoms with van der Waals surface area (Å²) < 4.78 is 26.6. The third kappa shape index (κ3) is 5.49. The Hall–Kier alpha value is -1.52. The number of nitrogens with zero attached hydrogens (tertiary/aromatic N) is 3. The summed E-state index contributed by atoms with van der Waals surface area (Å²) >= 11 is 1.43. The zero-order valence-corrected chi connectivity index (χ0v) is 17.2. The van der Waals surface area contributed by atoms with E-state index >= 15 is 0 Å². The first kappa shape index (κ1) is 21.8. The number of halogens is 1. The van der Waals surface area contributed by atoms with Crippen LogP contribution in [-0.2, 0) is 22.2 Å². The summed E-state index contributed by atoms with van der Waals surface area (Å²) in [7, 11) is -3.39. The van der Waals surface area contributed by atoms with Crippen LogP contribution in [0.5, 0.6) is 0 Å². The zero-order valence-electron chi connectivity index (χ0n) is 14.8. The Labute approximate surface area is 169 Å². The molecule has 1 aromatic heterocycles. The van der Waals surface area contributed by atoms with E-state index in [0.717, 1.165) is 10.6 Å². The number of aromatic nitrogens is 1. The number of hydrogen-bond donors (Lipinski definition) is 1. The van der Waals surface area contributed by atoms with E-state index in [1.165, 1.54) is 15.6 Å². The summed E-state index contributed by atoms with van der Waals surface area (Å²) in [6.07, 6.45) is 0.656. The number of amides is 1. The van der Waals surface area contributed by atoms with E-state index in [2.05, 4.69) is 4.98 Å². The van der Waals surface area contributed by atoms with E-state index in [4.69, 9.17) is 5.73 Å². The molecular weight excluding hydrogens is 408 g/mol. The van der Waals surface area contributed by atoms with Crippen LogP contribution in [-0.4, -0.2) is 61.2 Å². The molecule has 2 N–H and O–H groups in total. The Morgan fingerprint density at radius 1 is 1.15 bits per heavy atom. The quantitative estimate of drug-likeness (QED) is 0.746. The molecule has 2 heterocycles. The van der Waals surface area contributed by atoms with E-state index < -0.39 is 10.0 Å². The fourth-order valence-corrected chi connectivity index (χ4v) is 5.16. The van der Waals surface area contributed by atoms with Crippen molar-refractivity contribution in [1.29, 1.82) is 0 Å². The smallest absolute Gasteiger partial charge is 0.273 e. The molecule has 0 saturated carbocycles. The second-order valence-corrected chi connectivity index (χ2v) is 9.01. The van der Waals surface area contributed by atoms with Crippen molar-refractivity contribution in [3.05, 3.63) is 52.0 Å². The van der Waals surface area contributed by atoms with E-state index in [0.29, 0.717) is 44.8 Å². The summed E-state index contributed by atoms with van der Waals surface area (Å²) in [5.74, 6) is -0.166. The second-order valence-electron chi connectivity index (χ2n) is 6.10. The van der Waals surface area contributed by atoms with E-state index in [-0.39, 0.29) is 24.1 Å². The maximum atomic E-state index is 12.6. The summed E-state index contributed by atoms with van der Waals surface area (Å²) in [6.45, 7) is 1.85. The highest BCUT2D eigenvalue weighted by molar-refractivity contribution is 7.88. The molecule has 1 aromatic carbocycles. The second kappa shape index (κ2) is 9.61. The van der Waals surface area contributed by atoms with Crippen molar-refractivity contribution < 1.29 is 13.2 Å². The van der Waals surface area contributed by atoms with Gasteiger partial charge in [-0.05, 0) is 12.1 Å². The summed E-state index contributed by atoms with van der Waals surface area (Å²) in [5, 5.41) is 2.59. The van der Waals surface area contributed by atoms with Gasteiger partial charge in [0.25, 0.3) is 5.91 Å². The highest BCUT2D eigenvalue weighted by atomic mass is 35.5. The molecule has 1 aliphatic heterocycles. The van der Waals surface area contributed by atoms with Gasteiger partial charge in [0.2, 0.25) is 10.0 Å². The zero-order chi connectivity index (χ0) is 18.6. The van der Waals surface area contributed by atoms with Crippen molar-refractivity contribution in [2.24, 2.45) is 5.73 Å². The molecule has 1 fully saturated rings. The first-order chi connectivity index (χ1) is 12.5. The highest BCUT2D eigenvalue weighted by Gasteiger charge is 2.30. The van der Waals surface area contributed by atoms with E-state index in [1.807, 2.05) is 18.2 Å². The molecular formula is C17H23ClN4O3S2.